The normalized spacial score (nSPS) is 26.6. The van der Waals surface area contributed by atoms with Crippen LogP contribution in [0.3, 0.4) is 0 Å². The molecule has 0 amide bonds. The highest BCUT2D eigenvalue weighted by Crippen LogP contribution is 2.42. The first-order chi connectivity index (χ1) is 8.07. The van der Waals surface area contributed by atoms with E-state index >= 15 is 0 Å². The molecular weight excluding hydrogens is 208 g/mol. The van der Waals surface area contributed by atoms with Gasteiger partial charge in [0.1, 0.15) is 0 Å². The molecule has 2 nitrogen and oxygen atoms in total. The third-order valence-corrected chi connectivity index (χ3v) is 4.21. The second-order valence-electron chi connectivity index (χ2n) is 6.59. The number of aromatic nitrogens is 1. The Balaban J connectivity index is 1.89. The largest absolute Gasteiger partial charge is 0.347 e. The Labute approximate surface area is 105 Å². The molecule has 1 saturated heterocycles. The average molecular weight is 232 g/mol. The van der Waals surface area contributed by atoms with E-state index < -0.39 is 0 Å². The first-order valence-corrected chi connectivity index (χ1v) is 7.01. The molecule has 2 heterocycles. The van der Waals surface area contributed by atoms with Gasteiger partial charge in [-0.15, -0.1) is 0 Å². The summed E-state index contributed by atoms with van der Waals surface area (Å²) in [5, 5.41) is 0. The average Bonchev–Trinajstić information content (AvgIpc) is 2.81. The van der Waals surface area contributed by atoms with Crippen molar-refractivity contribution in [1.29, 1.82) is 0 Å². The van der Waals surface area contributed by atoms with Crippen molar-refractivity contribution in [2.75, 3.05) is 6.54 Å². The zero-order valence-electron chi connectivity index (χ0n) is 11.3. The Hall–Kier alpha value is -0.760. The quantitative estimate of drug-likeness (QED) is 0.753. The van der Waals surface area contributed by atoms with Gasteiger partial charge in [0, 0.05) is 23.5 Å². The van der Waals surface area contributed by atoms with Gasteiger partial charge in [-0.2, -0.15) is 0 Å². The Bertz CT molecular complexity index is 395. The van der Waals surface area contributed by atoms with E-state index in [1.807, 2.05) is 0 Å². The lowest BCUT2D eigenvalue weighted by Crippen LogP contribution is -2.41. The summed E-state index contributed by atoms with van der Waals surface area (Å²) in [7, 11) is 0. The Morgan fingerprint density at radius 1 is 1.18 bits per heavy atom. The van der Waals surface area contributed by atoms with Gasteiger partial charge in [0.25, 0.3) is 0 Å². The highest BCUT2D eigenvalue weighted by Gasteiger charge is 2.36. The number of nitrogens with zero attached hydrogens (tertiary/aromatic N) is 2. The lowest BCUT2D eigenvalue weighted by molar-refractivity contribution is 0.117. The van der Waals surface area contributed by atoms with Crippen LogP contribution in [0.25, 0.3) is 0 Å². The van der Waals surface area contributed by atoms with Crippen LogP contribution in [-0.4, -0.2) is 21.6 Å². The van der Waals surface area contributed by atoms with E-state index in [2.05, 4.69) is 48.6 Å². The van der Waals surface area contributed by atoms with Gasteiger partial charge in [0.2, 0.25) is 0 Å². The fourth-order valence-corrected chi connectivity index (χ4v) is 3.25. The molecule has 17 heavy (non-hydrogen) atoms. The van der Waals surface area contributed by atoms with Gasteiger partial charge in [-0.05, 0) is 65.1 Å². The molecule has 2 heteroatoms. The number of hydrogen-bond donors (Lipinski definition) is 0. The molecule has 1 aliphatic carbocycles. The molecule has 2 fully saturated rings. The summed E-state index contributed by atoms with van der Waals surface area (Å²) < 4.78 is 2.54. The second-order valence-corrected chi connectivity index (χ2v) is 6.59. The molecule has 1 unspecified atom stereocenters. The molecule has 3 rings (SSSR count). The van der Waals surface area contributed by atoms with Crippen LogP contribution in [0.2, 0.25) is 0 Å². The molecule has 0 spiro atoms. The summed E-state index contributed by atoms with van der Waals surface area (Å²) in [6, 6.07) is 6.02. The minimum Gasteiger partial charge on any atom is -0.347 e. The third kappa shape index (κ3) is 2.03. The maximum atomic E-state index is 2.68. The first kappa shape index (κ1) is 11.3. The minimum atomic E-state index is 0.291. The molecule has 1 aromatic heterocycles. The minimum absolute atomic E-state index is 0.291. The van der Waals surface area contributed by atoms with Crippen LogP contribution in [-0.2, 0) is 0 Å². The van der Waals surface area contributed by atoms with Crippen LogP contribution in [0.1, 0.15) is 64.2 Å². The fraction of sp³-hybridized carbons (Fsp3) is 0.733. The molecule has 0 aromatic carbocycles. The summed E-state index contributed by atoms with van der Waals surface area (Å²) in [5.74, 6) is 0. The van der Waals surface area contributed by atoms with Gasteiger partial charge in [0.15, 0.2) is 0 Å². The van der Waals surface area contributed by atoms with Gasteiger partial charge < -0.3 is 4.57 Å². The molecule has 1 aliphatic heterocycles. The molecule has 1 saturated carbocycles. The molecule has 1 atom stereocenters. The van der Waals surface area contributed by atoms with Crippen LogP contribution < -0.4 is 0 Å². The van der Waals surface area contributed by atoms with Crippen molar-refractivity contribution in [3.05, 3.63) is 24.0 Å². The van der Waals surface area contributed by atoms with Gasteiger partial charge in [-0.1, -0.05) is 0 Å². The van der Waals surface area contributed by atoms with Crippen molar-refractivity contribution in [3.63, 3.8) is 0 Å². The fourth-order valence-electron chi connectivity index (χ4n) is 3.25. The van der Waals surface area contributed by atoms with Crippen molar-refractivity contribution in [3.8, 4) is 0 Å². The molecule has 94 valence electrons. The van der Waals surface area contributed by atoms with Crippen LogP contribution in [0.15, 0.2) is 18.3 Å². The summed E-state index contributed by atoms with van der Waals surface area (Å²) in [6.45, 7) is 8.28. The highest BCUT2D eigenvalue weighted by atomic mass is 15.3. The van der Waals surface area contributed by atoms with E-state index in [4.69, 9.17) is 0 Å². The third-order valence-electron chi connectivity index (χ3n) is 4.21. The molecule has 2 aliphatic rings. The Morgan fingerprint density at radius 2 is 1.94 bits per heavy atom. The first-order valence-electron chi connectivity index (χ1n) is 7.01. The van der Waals surface area contributed by atoms with Gasteiger partial charge in [0.05, 0.1) is 6.04 Å². The number of hydrogen-bond acceptors (Lipinski definition) is 1. The summed E-state index contributed by atoms with van der Waals surface area (Å²) >= 11 is 0. The maximum absolute atomic E-state index is 2.68. The van der Waals surface area contributed by atoms with E-state index in [9.17, 15) is 0 Å². The van der Waals surface area contributed by atoms with Crippen LogP contribution in [0.5, 0.6) is 0 Å². The monoisotopic (exact) mass is 232 g/mol. The highest BCUT2D eigenvalue weighted by molar-refractivity contribution is 5.17. The summed E-state index contributed by atoms with van der Waals surface area (Å²) in [4.78, 5) is 2.68. The van der Waals surface area contributed by atoms with Crippen LogP contribution in [0.4, 0.5) is 0 Å². The zero-order chi connectivity index (χ0) is 12.0. The van der Waals surface area contributed by atoms with Crippen molar-refractivity contribution in [2.24, 2.45) is 0 Å². The predicted octanol–water partition coefficient (Wildman–Crippen LogP) is 3.76. The van der Waals surface area contributed by atoms with Gasteiger partial charge in [-0.3, -0.25) is 4.90 Å². The van der Waals surface area contributed by atoms with E-state index in [1.165, 1.54) is 32.2 Å². The Morgan fingerprint density at radius 3 is 2.59 bits per heavy atom. The maximum Gasteiger partial charge on any atom is 0.0506 e. The number of likely N-dealkylation sites (tertiary alicyclic amines) is 1. The molecule has 0 bridgehead atoms. The zero-order valence-corrected chi connectivity index (χ0v) is 11.3. The molecule has 0 N–H and O–H groups in total. The SMILES string of the molecule is CC(C)(C)N1CCCC1c1cccn1C1CC1. The standard InChI is InChI=1S/C15H24N2/c1-15(2,3)17-11-5-7-14(17)13-6-4-10-16(13)12-8-9-12/h4,6,10,12,14H,5,7-9,11H2,1-3H3. The second kappa shape index (κ2) is 3.88. The number of rotatable bonds is 2. The van der Waals surface area contributed by atoms with Crippen molar-refractivity contribution in [1.82, 2.24) is 9.47 Å². The summed E-state index contributed by atoms with van der Waals surface area (Å²) in [6.07, 6.45) is 7.71. The molecule has 1 aromatic rings. The van der Waals surface area contributed by atoms with Crippen LogP contribution in [0, 0.1) is 0 Å². The van der Waals surface area contributed by atoms with Crippen molar-refractivity contribution < 1.29 is 0 Å². The summed E-state index contributed by atoms with van der Waals surface area (Å²) in [5.41, 5.74) is 1.85. The van der Waals surface area contributed by atoms with Crippen molar-refractivity contribution >= 4 is 0 Å². The van der Waals surface area contributed by atoms with Gasteiger partial charge in [-0.25, -0.2) is 0 Å². The Kier molecular flexibility index (Phi) is 2.58. The topological polar surface area (TPSA) is 8.17 Å². The van der Waals surface area contributed by atoms with Gasteiger partial charge >= 0.3 is 0 Å². The van der Waals surface area contributed by atoms with E-state index in [0.29, 0.717) is 11.6 Å². The van der Waals surface area contributed by atoms with Crippen molar-refractivity contribution in [2.45, 2.75) is 64.1 Å². The lowest BCUT2D eigenvalue weighted by atomic mass is 10.0. The molecule has 0 radical (unpaired) electrons. The predicted molar refractivity (Wildman–Crippen MR) is 71.1 cm³/mol. The van der Waals surface area contributed by atoms with E-state index in [-0.39, 0.29) is 0 Å². The smallest absolute Gasteiger partial charge is 0.0506 e. The molecular formula is C15H24N2. The van der Waals surface area contributed by atoms with Crippen LogP contribution >= 0.6 is 0 Å². The van der Waals surface area contributed by atoms with E-state index in [1.54, 1.807) is 5.69 Å². The lowest BCUT2D eigenvalue weighted by Gasteiger charge is -2.37. The van der Waals surface area contributed by atoms with E-state index in [0.717, 1.165) is 6.04 Å².